The summed E-state index contributed by atoms with van der Waals surface area (Å²) in [4.78, 5) is 2.38. The molecule has 1 heterocycles. The summed E-state index contributed by atoms with van der Waals surface area (Å²) in [6, 6.07) is 21.3. The first kappa shape index (κ1) is 21.5. The minimum absolute atomic E-state index is 0.241. The maximum atomic E-state index is 13.1. The lowest BCUT2D eigenvalue weighted by Crippen LogP contribution is -2.48. The van der Waals surface area contributed by atoms with Crippen LogP contribution >= 0.6 is 11.6 Å². The highest BCUT2D eigenvalue weighted by molar-refractivity contribution is 7.89. The van der Waals surface area contributed by atoms with Crippen LogP contribution in [0.15, 0.2) is 77.7 Å². The highest BCUT2D eigenvalue weighted by Gasteiger charge is 2.29. The Hall–Kier alpha value is -2.74. The monoisotopic (exact) mass is 458 g/mol. The fraction of sp³-hybridized carbons (Fsp3) is 0.217. The number of hydrogen-bond donors (Lipinski definition) is 0. The molecule has 1 saturated heterocycles. The van der Waals surface area contributed by atoms with Gasteiger partial charge in [-0.2, -0.15) is 4.31 Å². The van der Waals surface area contributed by atoms with Gasteiger partial charge >= 0.3 is 0 Å². The number of anilines is 1. The summed E-state index contributed by atoms with van der Waals surface area (Å²) in [5, 5.41) is 0.493. The Kier molecular flexibility index (Phi) is 6.36. The van der Waals surface area contributed by atoms with Crippen molar-refractivity contribution in [3.63, 3.8) is 0 Å². The van der Waals surface area contributed by atoms with Gasteiger partial charge in [0.05, 0.1) is 22.7 Å². The van der Waals surface area contributed by atoms with Crippen LogP contribution in [-0.2, 0) is 10.0 Å². The molecule has 0 aliphatic carbocycles. The molecule has 0 radical (unpaired) electrons. The van der Waals surface area contributed by atoms with Crippen molar-refractivity contribution in [2.75, 3.05) is 38.2 Å². The fourth-order valence-electron chi connectivity index (χ4n) is 3.54. The summed E-state index contributed by atoms with van der Waals surface area (Å²) in [6.45, 7) is 1.98. The third-order valence-corrected chi connectivity index (χ3v) is 7.42. The molecule has 0 amide bonds. The lowest BCUT2D eigenvalue weighted by Gasteiger charge is -2.35. The first-order chi connectivity index (χ1) is 15.0. The van der Waals surface area contributed by atoms with Crippen LogP contribution in [0.5, 0.6) is 17.2 Å². The van der Waals surface area contributed by atoms with E-state index in [0.717, 1.165) is 11.4 Å². The van der Waals surface area contributed by atoms with E-state index >= 15 is 0 Å². The van der Waals surface area contributed by atoms with Crippen LogP contribution in [0.2, 0.25) is 5.02 Å². The van der Waals surface area contributed by atoms with Crippen LogP contribution in [0.4, 0.5) is 5.69 Å². The van der Waals surface area contributed by atoms with Crippen molar-refractivity contribution in [2.45, 2.75) is 4.90 Å². The molecule has 3 aromatic rings. The van der Waals surface area contributed by atoms with Gasteiger partial charge in [0.25, 0.3) is 0 Å². The molecule has 0 saturated carbocycles. The van der Waals surface area contributed by atoms with Crippen molar-refractivity contribution in [1.82, 2.24) is 4.31 Å². The number of hydrogen-bond acceptors (Lipinski definition) is 5. The van der Waals surface area contributed by atoms with E-state index in [4.69, 9.17) is 21.1 Å². The normalized spacial score (nSPS) is 15.0. The predicted octanol–water partition coefficient (Wildman–Crippen LogP) is 4.65. The standard InChI is InChI=1S/C23H23ClN2O4S/c1-29-23-9-5-3-7-21(23)25-14-16-26(17-15-25)31(27,28)19-12-10-18(11-13-19)30-22-8-4-2-6-20(22)24/h2-13H,14-17H2,1H3. The van der Waals surface area contributed by atoms with Crippen LogP contribution < -0.4 is 14.4 Å². The lowest BCUT2D eigenvalue weighted by molar-refractivity contribution is 0.378. The summed E-state index contributed by atoms with van der Waals surface area (Å²) in [7, 11) is -1.95. The Morgan fingerprint density at radius 1 is 0.806 bits per heavy atom. The molecule has 0 unspecified atom stereocenters. The summed E-state index contributed by atoms with van der Waals surface area (Å²) in [5.74, 6) is 1.83. The van der Waals surface area contributed by atoms with Crippen LogP contribution in [0.25, 0.3) is 0 Å². The number of rotatable bonds is 6. The molecule has 31 heavy (non-hydrogen) atoms. The van der Waals surface area contributed by atoms with Gasteiger partial charge in [-0.15, -0.1) is 0 Å². The second-order valence-corrected chi connectivity index (χ2v) is 9.41. The molecule has 3 aromatic carbocycles. The minimum atomic E-state index is -3.59. The molecule has 1 fully saturated rings. The highest BCUT2D eigenvalue weighted by Crippen LogP contribution is 2.31. The maximum Gasteiger partial charge on any atom is 0.243 e. The van der Waals surface area contributed by atoms with Gasteiger partial charge < -0.3 is 14.4 Å². The van der Waals surface area contributed by atoms with Gasteiger partial charge in [0.1, 0.15) is 17.2 Å². The molecule has 6 nitrogen and oxygen atoms in total. The summed E-state index contributed by atoms with van der Waals surface area (Å²) < 4.78 is 38.9. The zero-order valence-corrected chi connectivity index (χ0v) is 18.6. The van der Waals surface area contributed by atoms with E-state index in [1.54, 1.807) is 43.5 Å². The Labute approximate surface area is 187 Å². The van der Waals surface area contributed by atoms with Crippen LogP contribution in [0, 0.1) is 0 Å². The van der Waals surface area contributed by atoms with Crippen molar-refractivity contribution in [3.8, 4) is 17.2 Å². The van der Waals surface area contributed by atoms with Gasteiger partial charge in [-0.3, -0.25) is 0 Å². The van der Waals surface area contributed by atoms with E-state index in [1.807, 2.05) is 36.4 Å². The van der Waals surface area contributed by atoms with Crippen LogP contribution in [-0.4, -0.2) is 46.0 Å². The first-order valence-corrected chi connectivity index (χ1v) is 11.7. The van der Waals surface area contributed by atoms with E-state index in [1.165, 1.54) is 4.31 Å². The quantitative estimate of drug-likeness (QED) is 0.538. The molecular formula is C23H23ClN2O4S. The molecule has 0 spiro atoms. The number of para-hydroxylation sites is 3. The number of sulfonamides is 1. The zero-order valence-electron chi connectivity index (χ0n) is 17.1. The molecule has 0 atom stereocenters. The van der Waals surface area contributed by atoms with Gasteiger partial charge in [-0.25, -0.2) is 8.42 Å². The van der Waals surface area contributed by atoms with Crippen molar-refractivity contribution in [2.24, 2.45) is 0 Å². The van der Waals surface area contributed by atoms with Crippen molar-refractivity contribution in [3.05, 3.63) is 77.8 Å². The molecular weight excluding hydrogens is 436 g/mol. The van der Waals surface area contributed by atoms with Crippen molar-refractivity contribution >= 4 is 27.3 Å². The largest absolute Gasteiger partial charge is 0.495 e. The number of halogens is 1. The predicted molar refractivity (Wildman–Crippen MR) is 122 cm³/mol. The summed E-state index contributed by atoms with van der Waals surface area (Å²) in [6.07, 6.45) is 0. The molecule has 8 heteroatoms. The fourth-order valence-corrected chi connectivity index (χ4v) is 5.14. The highest BCUT2D eigenvalue weighted by atomic mass is 35.5. The number of nitrogens with zero attached hydrogens (tertiary/aromatic N) is 2. The molecule has 4 rings (SSSR count). The van der Waals surface area contributed by atoms with Gasteiger partial charge in [-0.1, -0.05) is 35.9 Å². The minimum Gasteiger partial charge on any atom is -0.495 e. The van der Waals surface area contributed by atoms with Gasteiger partial charge in [0.2, 0.25) is 10.0 Å². The Balaban J connectivity index is 1.44. The van der Waals surface area contributed by atoms with Crippen molar-refractivity contribution in [1.29, 1.82) is 0 Å². The average Bonchev–Trinajstić information content (AvgIpc) is 2.81. The van der Waals surface area contributed by atoms with Gasteiger partial charge in [0, 0.05) is 26.2 Å². The second kappa shape index (κ2) is 9.18. The van der Waals surface area contributed by atoms with E-state index in [9.17, 15) is 8.42 Å². The summed E-state index contributed by atoms with van der Waals surface area (Å²) in [5.41, 5.74) is 0.975. The Morgan fingerprint density at radius 3 is 2.06 bits per heavy atom. The smallest absolute Gasteiger partial charge is 0.243 e. The Bertz CT molecular complexity index is 1140. The van der Waals surface area contributed by atoms with Gasteiger partial charge in [-0.05, 0) is 48.5 Å². The maximum absolute atomic E-state index is 13.1. The third-order valence-electron chi connectivity index (χ3n) is 5.19. The topological polar surface area (TPSA) is 59.1 Å². The van der Waals surface area contributed by atoms with Crippen molar-refractivity contribution < 1.29 is 17.9 Å². The Morgan fingerprint density at radius 2 is 1.42 bits per heavy atom. The molecule has 162 valence electrons. The number of ether oxygens (including phenoxy) is 2. The van der Waals surface area contributed by atoms with E-state index in [-0.39, 0.29) is 4.90 Å². The molecule has 0 N–H and O–H groups in total. The molecule has 1 aliphatic rings. The molecule has 1 aliphatic heterocycles. The van der Waals surface area contributed by atoms with Crippen LogP contribution in [0.3, 0.4) is 0 Å². The van der Waals surface area contributed by atoms with E-state index in [2.05, 4.69) is 4.90 Å². The number of piperazine rings is 1. The number of benzene rings is 3. The average molecular weight is 459 g/mol. The second-order valence-electron chi connectivity index (χ2n) is 7.07. The summed E-state index contributed by atoms with van der Waals surface area (Å²) >= 11 is 6.12. The molecule has 0 aromatic heterocycles. The van der Waals surface area contributed by atoms with Crippen LogP contribution in [0.1, 0.15) is 0 Å². The first-order valence-electron chi connectivity index (χ1n) is 9.89. The SMILES string of the molecule is COc1ccccc1N1CCN(S(=O)(=O)c2ccc(Oc3ccccc3Cl)cc2)CC1. The third kappa shape index (κ3) is 4.63. The van der Waals surface area contributed by atoms with E-state index in [0.29, 0.717) is 42.7 Å². The zero-order chi connectivity index (χ0) is 21.8. The number of methoxy groups -OCH3 is 1. The van der Waals surface area contributed by atoms with Gasteiger partial charge in [0.15, 0.2) is 0 Å². The van der Waals surface area contributed by atoms with E-state index < -0.39 is 10.0 Å². The lowest BCUT2D eigenvalue weighted by atomic mass is 10.2. The molecule has 0 bridgehead atoms.